The number of hydrogen-bond acceptors (Lipinski definition) is 3. The topological polar surface area (TPSA) is 50.1 Å². The molecule has 4 nitrogen and oxygen atoms in total. The van der Waals surface area contributed by atoms with Gasteiger partial charge < -0.3 is 15.0 Å². The smallest absolute Gasteiger partial charge is 0.0945 e. The maximum Gasteiger partial charge on any atom is 0.0945 e. The molecule has 0 unspecified atom stereocenters. The quantitative estimate of drug-likeness (QED) is 0.813. The Balaban J connectivity index is 1.83. The van der Waals surface area contributed by atoms with Gasteiger partial charge in [0.05, 0.1) is 18.6 Å². The highest BCUT2D eigenvalue weighted by atomic mass is 16.3. The Labute approximate surface area is 101 Å². The molecule has 0 bridgehead atoms. The number of aryl methyl sites for hydroxylation is 1. The maximum absolute atomic E-state index is 8.93. The van der Waals surface area contributed by atoms with Gasteiger partial charge in [-0.25, -0.2) is 4.98 Å². The van der Waals surface area contributed by atoms with Gasteiger partial charge in [-0.3, -0.25) is 0 Å². The molecule has 4 heteroatoms. The van der Waals surface area contributed by atoms with Gasteiger partial charge in [0.25, 0.3) is 0 Å². The number of aromatic nitrogens is 2. The number of imidazole rings is 1. The van der Waals surface area contributed by atoms with Gasteiger partial charge in [-0.2, -0.15) is 0 Å². The number of nitrogens with one attached hydrogen (secondary N) is 1. The molecule has 0 aliphatic carbocycles. The lowest BCUT2D eigenvalue weighted by Crippen LogP contribution is -2.14. The third-order valence-electron chi connectivity index (χ3n) is 2.76. The number of nitrogens with zero attached hydrogens (tertiary/aromatic N) is 2. The molecule has 1 aromatic carbocycles. The van der Waals surface area contributed by atoms with Crippen LogP contribution in [0.4, 0.5) is 0 Å². The molecular formula is C13H17N3O. The van der Waals surface area contributed by atoms with E-state index < -0.39 is 0 Å². The normalized spacial score (nSPS) is 10.7. The van der Waals surface area contributed by atoms with Crippen LogP contribution in [0.5, 0.6) is 0 Å². The Hall–Kier alpha value is -1.65. The zero-order valence-electron chi connectivity index (χ0n) is 9.93. The Morgan fingerprint density at radius 1 is 1.18 bits per heavy atom. The van der Waals surface area contributed by atoms with E-state index in [0.29, 0.717) is 0 Å². The predicted molar refractivity (Wildman–Crippen MR) is 66.1 cm³/mol. The first-order chi connectivity index (χ1) is 8.29. The van der Waals surface area contributed by atoms with Crippen LogP contribution in [0.2, 0.25) is 0 Å². The summed E-state index contributed by atoms with van der Waals surface area (Å²) < 4.78 is 2.00. The van der Waals surface area contributed by atoms with E-state index in [1.807, 2.05) is 42.1 Å². The zero-order valence-corrected chi connectivity index (χ0v) is 9.93. The summed E-state index contributed by atoms with van der Waals surface area (Å²) in [7, 11) is 1.99. The lowest BCUT2D eigenvalue weighted by molar-refractivity contribution is 0.282. The fourth-order valence-corrected chi connectivity index (χ4v) is 1.65. The van der Waals surface area contributed by atoms with E-state index in [1.165, 1.54) is 5.56 Å². The summed E-state index contributed by atoms with van der Waals surface area (Å²) in [5.41, 5.74) is 3.32. The van der Waals surface area contributed by atoms with Crippen molar-refractivity contribution in [2.75, 3.05) is 0 Å². The predicted octanol–water partition coefficient (Wildman–Crippen LogP) is 1.20. The average Bonchev–Trinajstić information content (AvgIpc) is 2.76. The first-order valence-electron chi connectivity index (χ1n) is 5.64. The van der Waals surface area contributed by atoms with Gasteiger partial charge in [-0.1, -0.05) is 24.3 Å². The van der Waals surface area contributed by atoms with Gasteiger partial charge in [-0.05, 0) is 11.1 Å². The van der Waals surface area contributed by atoms with Crippen LogP contribution in [-0.2, 0) is 26.7 Å². The minimum absolute atomic E-state index is 0.0999. The van der Waals surface area contributed by atoms with Crippen molar-refractivity contribution in [2.45, 2.75) is 19.7 Å². The average molecular weight is 231 g/mol. The summed E-state index contributed by atoms with van der Waals surface area (Å²) in [6.07, 6.45) is 3.66. The third-order valence-corrected chi connectivity index (χ3v) is 2.76. The minimum Gasteiger partial charge on any atom is -0.392 e. The largest absolute Gasteiger partial charge is 0.392 e. The molecule has 0 aliphatic rings. The fraction of sp³-hybridized carbons (Fsp3) is 0.308. The zero-order chi connectivity index (χ0) is 12.1. The summed E-state index contributed by atoms with van der Waals surface area (Å²) in [6.45, 7) is 1.72. The molecule has 2 aromatic rings. The van der Waals surface area contributed by atoms with Gasteiger partial charge in [0, 0.05) is 26.3 Å². The Bertz CT molecular complexity index is 462. The maximum atomic E-state index is 8.93. The molecular weight excluding hydrogens is 214 g/mol. The van der Waals surface area contributed by atoms with Crippen molar-refractivity contribution < 1.29 is 5.11 Å². The summed E-state index contributed by atoms with van der Waals surface area (Å²) >= 11 is 0. The molecule has 0 spiro atoms. The molecule has 0 fully saturated rings. The van der Waals surface area contributed by atoms with Gasteiger partial charge in [0.1, 0.15) is 0 Å². The Kier molecular flexibility index (Phi) is 3.90. The van der Waals surface area contributed by atoms with E-state index in [2.05, 4.69) is 10.3 Å². The minimum atomic E-state index is 0.0999. The molecule has 0 saturated heterocycles. The van der Waals surface area contributed by atoms with Crippen LogP contribution in [-0.4, -0.2) is 14.7 Å². The van der Waals surface area contributed by atoms with Crippen LogP contribution < -0.4 is 5.32 Å². The molecule has 0 saturated carbocycles. The van der Waals surface area contributed by atoms with Gasteiger partial charge >= 0.3 is 0 Å². The molecule has 1 heterocycles. The van der Waals surface area contributed by atoms with E-state index in [9.17, 15) is 0 Å². The van der Waals surface area contributed by atoms with E-state index in [0.717, 1.165) is 24.3 Å². The molecule has 0 amide bonds. The lowest BCUT2D eigenvalue weighted by Gasteiger charge is -2.06. The van der Waals surface area contributed by atoms with Crippen molar-refractivity contribution in [1.29, 1.82) is 0 Å². The fourth-order valence-electron chi connectivity index (χ4n) is 1.65. The first kappa shape index (κ1) is 11.8. The molecule has 2 rings (SSSR count). The Morgan fingerprint density at radius 3 is 2.47 bits per heavy atom. The van der Waals surface area contributed by atoms with Crippen LogP contribution in [0, 0.1) is 0 Å². The monoisotopic (exact) mass is 231 g/mol. The van der Waals surface area contributed by atoms with Crippen LogP contribution in [0.3, 0.4) is 0 Å². The summed E-state index contributed by atoms with van der Waals surface area (Å²) in [5.74, 6) is 0. The molecule has 0 radical (unpaired) electrons. The SMILES string of the molecule is Cn1cncc1CNCc1ccc(CO)cc1. The number of benzene rings is 1. The highest BCUT2D eigenvalue weighted by Gasteiger charge is 1.98. The lowest BCUT2D eigenvalue weighted by atomic mass is 10.1. The molecule has 90 valence electrons. The van der Waals surface area contributed by atoms with Crippen molar-refractivity contribution in [3.05, 3.63) is 53.6 Å². The Morgan fingerprint density at radius 2 is 1.88 bits per heavy atom. The van der Waals surface area contributed by atoms with E-state index >= 15 is 0 Å². The van der Waals surface area contributed by atoms with Crippen molar-refractivity contribution in [3.63, 3.8) is 0 Å². The summed E-state index contributed by atoms with van der Waals surface area (Å²) in [6, 6.07) is 7.95. The molecule has 0 atom stereocenters. The van der Waals surface area contributed by atoms with E-state index in [1.54, 1.807) is 6.33 Å². The van der Waals surface area contributed by atoms with Gasteiger partial charge in [-0.15, -0.1) is 0 Å². The van der Waals surface area contributed by atoms with Crippen LogP contribution in [0.1, 0.15) is 16.8 Å². The number of aliphatic hydroxyl groups excluding tert-OH is 1. The molecule has 0 aliphatic heterocycles. The highest BCUT2D eigenvalue weighted by molar-refractivity contribution is 5.21. The highest BCUT2D eigenvalue weighted by Crippen LogP contribution is 2.04. The number of rotatable bonds is 5. The van der Waals surface area contributed by atoms with Crippen LogP contribution >= 0.6 is 0 Å². The number of hydrogen-bond donors (Lipinski definition) is 2. The number of aliphatic hydroxyl groups is 1. The molecule has 1 aromatic heterocycles. The van der Waals surface area contributed by atoms with E-state index in [4.69, 9.17) is 5.11 Å². The van der Waals surface area contributed by atoms with E-state index in [-0.39, 0.29) is 6.61 Å². The van der Waals surface area contributed by atoms with Crippen molar-refractivity contribution in [3.8, 4) is 0 Å². The van der Waals surface area contributed by atoms with Crippen LogP contribution in [0.15, 0.2) is 36.8 Å². The van der Waals surface area contributed by atoms with Gasteiger partial charge in [0.2, 0.25) is 0 Å². The van der Waals surface area contributed by atoms with Crippen molar-refractivity contribution in [1.82, 2.24) is 14.9 Å². The van der Waals surface area contributed by atoms with Crippen molar-refractivity contribution >= 4 is 0 Å². The standard InChI is InChI=1S/C13H17N3O/c1-16-10-15-8-13(16)7-14-6-11-2-4-12(9-17)5-3-11/h2-5,8,10,14,17H,6-7,9H2,1H3. The molecule has 17 heavy (non-hydrogen) atoms. The first-order valence-corrected chi connectivity index (χ1v) is 5.64. The van der Waals surface area contributed by atoms with Crippen molar-refractivity contribution in [2.24, 2.45) is 7.05 Å². The molecule has 2 N–H and O–H groups in total. The second-order valence-electron chi connectivity index (χ2n) is 4.07. The second kappa shape index (κ2) is 5.61. The summed E-state index contributed by atoms with van der Waals surface area (Å²) in [5, 5.41) is 12.3. The third kappa shape index (κ3) is 3.15. The van der Waals surface area contributed by atoms with Crippen LogP contribution in [0.25, 0.3) is 0 Å². The summed E-state index contributed by atoms with van der Waals surface area (Å²) in [4.78, 5) is 4.07. The second-order valence-corrected chi connectivity index (χ2v) is 4.07. The van der Waals surface area contributed by atoms with Gasteiger partial charge in [0.15, 0.2) is 0 Å².